The molecule has 148 valence electrons. The van der Waals surface area contributed by atoms with Crippen LogP contribution >= 0.6 is 12.2 Å². The highest BCUT2D eigenvalue weighted by Crippen LogP contribution is 2.13. The second kappa shape index (κ2) is 9.90. The van der Waals surface area contributed by atoms with E-state index in [0.717, 1.165) is 6.42 Å². The molecule has 0 fully saturated rings. The average molecular weight is 411 g/mol. The number of thiocarbonyl (C=S) groups is 1. The minimum absolute atomic E-state index is 0.0879. The van der Waals surface area contributed by atoms with Crippen molar-refractivity contribution in [3.8, 4) is 5.75 Å². The normalized spacial score (nSPS) is 10.1. The standard InChI is InChI=1S/C18H17N7O3S/c26-16(19-18(29)23-22-17(27)15-20-24-25-21-15)13-6-8-14(9-7-13)28-11-10-12-4-2-1-3-5-12/h1-9H,10-11H2,(H,22,27)(H2,19,23,26,29)(H,20,21,24,25). The molecule has 0 saturated carbocycles. The van der Waals surface area contributed by atoms with E-state index in [2.05, 4.69) is 36.8 Å². The van der Waals surface area contributed by atoms with E-state index in [4.69, 9.17) is 17.0 Å². The molecule has 1 heterocycles. The smallest absolute Gasteiger partial charge is 0.311 e. The van der Waals surface area contributed by atoms with Crippen molar-refractivity contribution in [2.75, 3.05) is 6.61 Å². The lowest BCUT2D eigenvalue weighted by molar-refractivity contribution is 0.0926. The fraction of sp³-hybridized carbons (Fsp3) is 0.111. The van der Waals surface area contributed by atoms with E-state index < -0.39 is 11.8 Å². The number of rotatable bonds is 6. The van der Waals surface area contributed by atoms with E-state index in [0.29, 0.717) is 17.9 Å². The van der Waals surface area contributed by atoms with Gasteiger partial charge in [-0.15, -0.1) is 10.2 Å². The molecule has 0 aliphatic carbocycles. The molecule has 3 aromatic rings. The van der Waals surface area contributed by atoms with Crippen molar-refractivity contribution in [3.63, 3.8) is 0 Å². The zero-order valence-electron chi connectivity index (χ0n) is 15.1. The number of hydrazine groups is 1. The van der Waals surface area contributed by atoms with Gasteiger partial charge in [-0.25, -0.2) is 0 Å². The van der Waals surface area contributed by atoms with E-state index in [1.807, 2.05) is 30.3 Å². The van der Waals surface area contributed by atoms with Gasteiger partial charge in [0.05, 0.1) is 6.61 Å². The van der Waals surface area contributed by atoms with Gasteiger partial charge in [0.1, 0.15) is 5.75 Å². The van der Waals surface area contributed by atoms with Gasteiger partial charge in [0.15, 0.2) is 5.11 Å². The topological polar surface area (TPSA) is 134 Å². The molecule has 29 heavy (non-hydrogen) atoms. The van der Waals surface area contributed by atoms with Crippen molar-refractivity contribution in [1.82, 2.24) is 36.8 Å². The van der Waals surface area contributed by atoms with Crippen LogP contribution in [0.2, 0.25) is 0 Å². The number of carbonyl (C=O) groups is 2. The van der Waals surface area contributed by atoms with Crippen LogP contribution in [0.4, 0.5) is 0 Å². The van der Waals surface area contributed by atoms with Crippen LogP contribution in [-0.4, -0.2) is 44.2 Å². The number of hydrogen-bond acceptors (Lipinski definition) is 7. The van der Waals surface area contributed by atoms with Crippen molar-refractivity contribution < 1.29 is 14.3 Å². The first-order valence-corrected chi connectivity index (χ1v) is 8.94. The Hall–Kier alpha value is -3.86. The van der Waals surface area contributed by atoms with Crippen LogP contribution in [-0.2, 0) is 6.42 Å². The maximum Gasteiger partial charge on any atom is 0.311 e. The van der Waals surface area contributed by atoms with Gasteiger partial charge in [0, 0.05) is 12.0 Å². The molecule has 0 atom stereocenters. The molecule has 10 nitrogen and oxygen atoms in total. The Bertz CT molecular complexity index is 963. The van der Waals surface area contributed by atoms with Crippen molar-refractivity contribution in [2.24, 2.45) is 0 Å². The maximum atomic E-state index is 12.2. The van der Waals surface area contributed by atoms with E-state index >= 15 is 0 Å². The lowest BCUT2D eigenvalue weighted by Crippen LogP contribution is -2.48. The van der Waals surface area contributed by atoms with Crippen LogP contribution in [0, 0.1) is 0 Å². The number of aromatic amines is 1. The van der Waals surface area contributed by atoms with Crippen molar-refractivity contribution in [2.45, 2.75) is 6.42 Å². The van der Waals surface area contributed by atoms with Crippen molar-refractivity contribution >= 4 is 29.1 Å². The Morgan fingerprint density at radius 3 is 2.45 bits per heavy atom. The van der Waals surface area contributed by atoms with Crippen LogP contribution in [0.5, 0.6) is 5.75 Å². The molecule has 4 N–H and O–H groups in total. The maximum absolute atomic E-state index is 12.2. The quantitative estimate of drug-likeness (QED) is 0.345. The predicted octanol–water partition coefficient (Wildman–Crippen LogP) is 0.770. The first-order valence-electron chi connectivity index (χ1n) is 8.54. The number of nitrogens with zero attached hydrogens (tertiary/aromatic N) is 3. The third-order valence-electron chi connectivity index (χ3n) is 3.68. The summed E-state index contributed by atoms with van der Waals surface area (Å²) in [5.41, 5.74) is 6.19. The number of H-pyrrole nitrogens is 1. The molecule has 0 saturated heterocycles. The van der Waals surface area contributed by atoms with E-state index in [1.54, 1.807) is 24.3 Å². The largest absolute Gasteiger partial charge is 0.493 e. The SMILES string of the molecule is O=C(NC(=S)NNC(=O)c1nn[nH]n1)c1ccc(OCCc2ccccc2)cc1. The first-order chi connectivity index (χ1) is 14.1. The number of amides is 2. The summed E-state index contributed by atoms with van der Waals surface area (Å²) in [5.74, 6) is -0.612. The Labute approximate surface area is 171 Å². The number of benzene rings is 2. The number of nitrogens with one attached hydrogen (secondary N) is 4. The van der Waals surface area contributed by atoms with E-state index in [-0.39, 0.29) is 10.9 Å². The molecule has 1 aromatic heterocycles. The van der Waals surface area contributed by atoms with Crippen LogP contribution in [0.15, 0.2) is 54.6 Å². The average Bonchev–Trinajstić information content (AvgIpc) is 3.28. The summed E-state index contributed by atoms with van der Waals surface area (Å²) in [4.78, 5) is 23.8. The Balaban J connectivity index is 1.42. The van der Waals surface area contributed by atoms with Crippen LogP contribution in [0.1, 0.15) is 26.5 Å². The molecule has 0 aliphatic rings. The van der Waals surface area contributed by atoms with Crippen molar-refractivity contribution in [3.05, 3.63) is 71.5 Å². The number of hydrogen-bond donors (Lipinski definition) is 4. The molecule has 0 radical (unpaired) electrons. The summed E-state index contributed by atoms with van der Waals surface area (Å²) in [7, 11) is 0. The lowest BCUT2D eigenvalue weighted by Gasteiger charge is -2.10. The van der Waals surface area contributed by atoms with Gasteiger partial charge in [-0.3, -0.25) is 25.8 Å². The summed E-state index contributed by atoms with van der Waals surface area (Å²) in [6.45, 7) is 0.531. The van der Waals surface area contributed by atoms with E-state index in [9.17, 15) is 9.59 Å². The highest BCUT2D eigenvalue weighted by atomic mass is 32.1. The third-order valence-corrected chi connectivity index (χ3v) is 3.89. The Morgan fingerprint density at radius 1 is 1.00 bits per heavy atom. The minimum Gasteiger partial charge on any atom is -0.493 e. The number of tetrazole rings is 1. The highest BCUT2D eigenvalue weighted by molar-refractivity contribution is 7.80. The minimum atomic E-state index is -0.660. The number of ether oxygens (including phenoxy) is 1. The van der Waals surface area contributed by atoms with Crippen molar-refractivity contribution in [1.29, 1.82) is 0 Å². The molecule has 0 spiro atoms. The Morgan fingerprint density at radius 2 is 1.76 bits per heavy atom. The summed E-state index contributed by atoms with van der Waals surface area (Å²) in [5, 5.41) is 14.8. The van der Waals surface area contributed by atoms with Gasteiger partial charge in [0.25, 0.3) is 11.7 Å². The van der Waals surface area contributed by atoms with Gasteiger partial charge in [0.2, 0.25) is 0 Å². The summed E-state index contributed by atoms with van der Waals surface area (Å²) >= 11 is 4.96. The number of aromatic nitrogens is 4. The second-order valence-electron chi connectivity index (χ2n) is 5.71. The van der Waals surface area contributed by atoms with Crippen LogP contribution < -0.4 is 20.9 Å². The van der Waals surface area contributed by atoms with Gasteiger partial charge in [-0.05, 0) is 47.3 Å². The number of carbonyl (C=O) groups excluding carboxylic acids is 2. The lowest BCUT2D eigenvalue weighted by atomic mass is 10.2. The second-order valence-corrected chi connectivity index (χ2v) is 6.11. The van der Waals surface area contributed by atoms with Gasteiger partial charge in [-0.2, -0.15) is 5.21 Å². The monoisotopic (exact) mass is 411 g/mol. The van der Waals surface area contributed by atoms with Crippen LogP contribution in [0.25, 0.3) is 0 Å². The fourth-order valence-electron chi connectivity index (χ4n) is 2.27. The zero-order valence-corrected chi connectivity index (χ0v) is 15.9. The highest BCUT2D eigenvalue weighted by Gasteiger charge is 2.12. The van der Waals surface area contributed by atoms with Gasteiger partial charge in [-0.1, -0.05) is 30.3 Å². The first kappa shape index (κ1) is 19.9. The summed E-state index contributed by atoms with van der Waals surface area (Å²) in [6.07, 6.45) is 0.790. The van der Waals surface area contributed by atoms with E-state index in [1.165, 1.54) is 5.56 Å². The molecule has 3 rings (SSSR count). The molecule has 2 aromatic carbocycles. The molecule has 0 unspecified atom stereocenters. The molecular formula is C18H17N7O3S. The molecule has 0 aliphatic heterocycles. The fourth-order valence-corrected chi connectivity index (χ4v) is 2.41. The molecular weight excluding hydrogens is 394 g/mol. The third kappa shape index (κ3) is 6.07. The Kier molecular flexibility index (Phi) is 6.79. The predicted molar refractivity (Wildman–Crippen MR) is 107 cm³/mol. The molecule has 0 bridgehead atoms. The van der Waals surface area contributed by atoms with Gasteiger partial charge >= 0.3 is 5.91 Å². The summed E-state index contributed by atoms with van der Waals surface area (Å²) < 4.78 is 5.69. The molecule has 2 amide bonds. The van der Waals surface area contributed by atoms with Crippen LogP contribution in [0.3, 0.4) is 0 Å². The molecule has 11 heteroatoms. The zero-order chi connectivity index (χ0) is 20.5. The summed E-state index contributed by atoms with van der Waals surface area (Å²) in [6, 6.07) is 16.7. The van der Waals surface area contributed by atoms with Gasteiger partial charge < -0.3 is 4.74 Å².